The highest BCUT2D eigenvalue weighted by atomic mass is 16.5. The summed E-state index contributed by atoms with van der Waals surface area (Å²) in [5.41, 5.74) is 3.57. The SMILES string of the molecule is Cc1cc(C)n2nc(C(=O)OC(C)C(=O)N3CCc4ccccc43)nc2n1. The van der Waals surface area contributed by atoms with Gasteiger partial charge in [0.1, 0.15) is 0 Å². The summed E-state index contributed by atoms with van der Waals surface area (Å²) in [6.45, 7) is 5.83. The highest BCUT2D eigenvalue weighted by molar-refractivity contribution is 5.99. The maximum absolute atomic E-state index is 12.7. The number of anilines is 1. The number of carbonyl (C=O) groups is 2. The first-order chi connectivity index (χ1) is 12.9. The number of hydrogen-bond donors (Lipinski definition) is 0. The fourth-order valence-corrected chi connectivity index (χ4v) is 3.30. The van der Waals surface area contributed by atoms with Gasteiger partial charge in [-0.25, -0.2) is 14.3 Å². The number of amides is 1. The first kappa shape index (κ1) is 17.1. The van der Waals surface area contributed by atoms with Crippen LogP contribution in [0.3, 0.4) is 0 Å². The average Bonchev–Trinajstić information content (AvgIpc) is 3.25. The normalized spacial score (nSPS) is 14.3. The van der Waals surface area contributed by atoms with Crippen molar-refractivity contribution in [2.45, 2.75) is 33.3 Å². The van der Waals surface area contributed by atoms with E-state index in [9.17, 15) is 9.59 Å². The average molecular weight is 365 g/mol. The molecule has 1 aliphatic rings. The van der Waals surface area contributed by atoms with Crippen molar-refractivity contribution in [2.75, 3.05) is 11.4 Å². The van der Waals surface area contributed by atoms with Gasteiger partial charge in [-0.2, -0.15) is 4.98 Å². The van der Waals surface area contributed by atoms with Crippen molar-refractivity contribution in [3.63, 3.8) is 0 Å². The second kappa shape index (κ2) is 6.46. The van der Waals surface area contributed by atoms with Gasteiger partial charge in [0, 0.05) is 23.6 Å². The number of nitrogens with zero attached hydrogens (tertiary/aromatic N) is 5. The van der Waals surface area contributed by atoms with Crippen molar-refractivity contribution >= 4 is 23.3 Å². The van der Waals surface area contributed by atoms with Gasteiger partial charge in [-0.15, -0.1) is 5.10 Å². The van der Waals surface area contributed by atoms with Gasteiger partial charge in [-0.05, 0) is 44.9 Å². The maximum atomic E-state index is 12.7. The number of rotatable bonds is 3. The fraction of sp³-hybridized carbons (Fsp3) is 0.316. The van der Waals surface area contributed by atoms with Gasteiger partial charge in [0.2, 0.25) is 0 Å². The highest BCUT2D eigenvalue weighted by Crippen LogP contribution is 2.28. The van der Waals surface area contributed by atoms with E-state index in [1.807, 2.05) is 44.2 Å². The molecule has 1 unspecified atom stereocenters. The van der Waals surface area contributed by atoms with Gasteiger partial charge in [-0.1, -0.05) is 18.2 Å². The molecule has 1 atom stereocenters. The number of carbonyl (C=O) groups excluding carboxylic acids is 2. The summed E-state index contributed by atoms with van der Waals surface area (Å²) in [6.07, 6.45) is -0.146. The molecule has 1 aromatic carbocycles. The lowest BCUT2D eigenvalue weighted by Gasteiger charge is -2.21. The Labute approximate surface area is 155 Å². The minimum absolute atomic E-state index is 0.113. The Morgan fingerprint density at radius 3 is 2.78 bits per heavy atom. The van der Waals surface area contributed by atoms with Crippen molar-refractivity contribution in [2.24, 2.45) is 0 Å². The molecule has 8 heteroatoms. The summed E-state index contributed by atoms with van der Waals surface area (Å²) in [5, 5.41) is 4.14. The molecule has 0 saturated carbocycles. The molecule has 0 bridgehead atoms. The summed E-state index contributed by atoms with van der Waals surface area (Å²) in [4.78, 5) is 35.2. The molecule has 0 N–H and O–H groups in total. The van der Waals surface area contributed by atoms with E-state index in [-0.39, 0.29) is 11.7 Å². The molecule has 0 spiro atoms. The number of aryl methyl sites for hydroxylation is 2. The summed E-state index contributed by atoms with van der Waals surface area (Å²) in [7, 11) is 0. The fourth-order valence-electron chi connectivity index (χ4n) is 3.30. The quantitative estimate of drug-likeness (QED) is 0.658. The highest BCUT2D eigenvalue weighted by Gasteiger charge is 2.30. The van der Waals surface area contributed by atoms with Crippen LogP contribution in [0.5, 0.6) is 0 Å². The number of para-hydroxylation sites is 1. The van der Waals surface area contributed by atoms with Crippen LogP contribution >= 0.6 is 0 Å². The number of ether oxygens (including phenoxy) is 1. The topological polar surface area (TPSA) is 89.7 Å². The van der Waals surface area contributed by atoms with Crippen LogP contribution in [-0.2, 0) is 16.0 Å². The minimum atomic E-state index is -0.939. The summed E-state index contributed by atoms with van der Waals surface area (Å²) >= 11 is 0. The molecule has 0 saturated heterocycles. The van der Waals surface area contributed by atoms with Gasteiger partial charge >= 0.3 is 5.97 Å². The predicted octanol–water partition coefficient (Wildman–Crippen LogP) is 1.88. The third kappa shape index (κ3) is 3.03. The van der Waals surface area contributed by atoms with Gasteiger partial charge in [0.05, 0.1) is 0 Å². The standard InChI is InChI=1S/C19H19N5O3/c1-11-10-12(2)24-19(20-11)21-16(22-24)18(26)27-13(3)17(25)23-9-8-14-6-4-5-7-15(14)23/h4-7,10,13H,8-9H2,1-3H3. The van der Waals surface area contributed by atoms with Crippen LogP contribution in [0.2, 0.25) is 0 Å². The van der Waals surface area contributed by atoms with Gasteiger partial charge in [0.15, 0.2) is 6.10 Å². The van der Waals surface area contributed by atoms with Crippen LogP contribution in [0.4, 0.5) is 5.69 Å². The Hall–Kier alpha value is -3.29. The Bertz CT molecular complexity index is 1060. The minimum Gasteiger partial charge on any atom is -0.447 e. The third-order valence-corrected chi connectivity index (χ3v) is 4.59. The van der Waals surface area contributed by atoms with Crippen molar-refractivity contribution < 1.29 is 14.3 Å². The molecule has 0 fully saturated rings. The van der Waals surface area contributed by atoms with Crippen LogP contribution in [0.1, 0.15) is 34.5 Å². The van der Waals surface area contributed by atoms with Gasteiger partial charge in [0.25, 0.3) is 17.5 Å². The van der Waals surface area contributed by atoms with E-state index in [0.717, 1.165) is 29.1 Å². The van der Waals surface area contributed by atoms with E-state index in [0.29, 0.717) is 12.3 Å². The van der Waals surface area contributed by atoms with E-state index in [1.54, 1.807) is 11.8 Å². The number of hydrogen-bond acceptors (Lipinski definition) is 6. The number of benzene rings is 1. The monoisotopic (exact) mass is 365 g/mol. The molecule has 1 aliphatic heterocycles. The lowest BCUT2D eigenvalue weighted by Crippen LogP contribution is -2.39. The van der Waals surface area contributed by atoms with E-state index in [4.69, 9.17) is 4.74 Å². The molecule has 27 heavy (non-hydrogen) atoms. The maximum Gasteiger partial charge on any atom is 0.379 e. The Morgan fingerprint density at radius 2 is 1.96 bits per heavy atom. The van der Waals surface area contributed by atoms with Crippen LogP contribution in [0.25, 0.3) is 5.78 Å². The van der Waals surface area contributed by atoms with Crippen LogP contribution in [-0.4, -0.2) is 44.1 Å². The zero-order valence-corrected chi connectivity index (χ0v) is 15.3. The van der Waals surface area contributed by atoms with Gasteiger partial charge < -0.3 is 9.64 Å². The molecule has 1 amide bonds. The van der Waals surface area contributed by atoms with Crippen LogP contribution in [0, 0.1) is 13.8 Å². The summed E-state index contributed by atoms with van der Waals surface area (Å²) in [6, 6.07) is 9.57. The summed E-state index contributed by atoms with van der Waals surface area (Å²) < 4.78 is 6.81. The van der Waals surface area contributed by atoms with Crippen molar-refractivity contribution in [1.82, 2.24) is 19.6 Å². The van der Waals surface area contributed by atoms with E-state index >= 15 is 0 Å². The molecule has 8 nitrogen and oxygen atoms in total. The molecule has 138 valence electrons. The van der Waals surface area contributed by atoms with Crippen molar-refractivity contribution in [3.8, 4) is 0 Å². The zero-order valence-electron chi connectivity index (χ0n) is 15.3. The Balaban J connectivity index is 1.51. The van der Waals surface area contributed by atoms with Crippen molar-refractivity contribution in [3.05, 3.63) is 53.1 Å². The number of esters is 1. The molecule has 3 aromatic rings. The van der Waals surface area contributed by atoms with Crippen LogP contribution in [0.15, 0.2) is 30.3 Å². The number of aromatic nitrogens is 4. The van der Waals surface area contributed by atoms with Crippen LogP contribution < -0.4 is 4.90 Å². The summed E-state index contributed by atoms with van der Waals surface area (Å²) in [5.74, 6) is -0.794. The molecule has 0 radical (unpaired) electrons. The van der Waals surface area contributed by atoms with E-state index in [1.165, 1.54) is 4.52 Å². The van der Waals surface area contributed by atoms with E-state index < -0.39 is 12.1 Å². The smallest absolute Gasteiger partial charge is 0.379 e. The Kier molecular flexibility index (Phi) is 4.10. The molecular formula is C19H19N5O3. The first-order valence-corrected chi connectivity index (χ1v) is 8.75. The zero-order chi connectivity index (χ0) is 19.1. The van der Waals surface area contributed by atoms with Gasteiger partial charge in [-0.3, -0.25) is 4.79 Å². The lowest BCUT2D eigenvalue weighted by molar-refractivity contribution is -0.126. The molecule has 3 heterocycles. The van der Waals surface area contributed by atoms with Crippen molar-refractivity contribution in [1.29, 1.82) is 0 Å². The largest absolute Gasteiger partial charge is 0.447 e. The Morgan fingerprint density at radius 1 is 1.19 bits per heavy atom. The second-order valence-electron chi connectivity index (χ2n) is 6.60. The van der Waals surface area contributed by atoms with E-state index in [2.05, 4.69) is 15.1 Å². The lowest BCUT2D eigenvalue weighted by atomic mass is 10.2. The molecule has 4 rings (SSSR count). The second-order valence-corrected chi connectivity index (χ2v) is 6.60. The number of fused-ring (bicyclic) bond motifs is 2. The first-order valence-electron chi connectivity index (χ1n) is 8.75. The molecule has 0 aliphatic carbocycles. The predicted molar refractivity (Wildman–Crippen MR) is 97.6 cm³/mol. The molecule has 2 aromatic heterocycles. The molecular weight excluding hydrogens is 346 g/mol. The third-order valence-electron chi connectivity index (χ3n) is 4.59.